The number of rotatable bonds is 20. The third-order valence-corrected chi connectivity index (χ3v) is 4.31. The summed E-state index contributed by atoms with van der Waals surface area (Å²) in [4.78, 5) is 21.1. The molecule has 14 nitrogen and oxygen atoms in total. The van der Waals surface area contributed by atoms with E-state index in [9.17, 15) is 35.5 Å². The summed E-state index contributed by atoms with van der Waals surface area (Å²) < 4.78 is 89.9. The molecule has 0 radical (unpaired) electrons. The monoisotopic (exact) mass is 558 g/mol. The van der Waals surface area contributed by atoms with E-state index >= 15 is 0 Å². The minimum Gasteiger partial charge on any atom is -0.748 e. The first-order valence-corrected chi connectivity index (χ1v) is 12.8. The molecule has 0 aliphatic heterocycles. The van der Waals surface area contributed by atoms with Gasteiger partial charge in [-0.05, 0) is 0 Å². The summed E-state index contributed by atoms with van der Waals surface area (Å²) in [7, 11) is -8.44. The first-order valence-electron chi connectivity index (χ1n) is 9.67. The second kappa shape index (κ2) is 24.5. The van der Waals surface area contributed by atoms with E-state index in [4.69, 9.17) is 18.9 Å². The van der Waals surface area contributed by atoms with E-state index in [0.29, 0.717) is 0 Å². The smallest absolute Gasteiger partial charge is 0.748 e. The minimum absolute atomic E-state index is 0. The molecule has 0 saturated heterocycles. The molecule has 17 heteroatoms. The minimum atomic E-state index is -4.22. The Morgan fingerprint density at radius 3 is 1.09 bits per heavy atom. The molecular formula is C18H30MgO14S2. The molecule has 0 aromatic heterocycles. The first kappa shape index (κ1) is 38.4. The molecule has 0 heterocycles. The molecule has 0 aromatic rings. The second-order valence-corrected chi connectivity index (χ2v) is 8.76. The van der Waals surface area contributed by atoms with Gasteiger partial charge in [0.1, 0.15) is 13.2 Å². The molecular weight excluding hydrogens is 529 g/mol. The Bertz CT molecular complexity index is 717. The molecule has 35 heavy (non-hydrogen) atoms. The molecule has 0 amide bonds. The van der Waals surface area contributed by atoms with Gasteiger partial charge in [-0.2, -0.15) is 0 Å². The molecule has 0 spiro atoms. The van der Waals surface area contributed by atoms with Crippen molar-refractivity contribution in [2.24, 2.45) is 0 Å². The van der Waals surface area contributed by atoms with Crippen LogP contribution in [0.5, 0.6) is 0 Å². The van der Waals surface area contributed by atoms with Gasteiger partial charge in [0.05, 0.1) is 84.6 Å². The van der Waals surface area contributed by atoms with Gasteiger partial charge in [-0.1, -0.05) is 13.2 Å². The molecule has 0 bridgehead atoms. The van der Waals surface area contributed by atoms with Crippen LogP contribution in [0, 0.1) is 0 Å². The van der Waals surface area contributed by atoms with Crippen LogP contribution in [0.4, 0.5) is 0 Å². The van der Waals surface area contributed by atoms with E-state index in [1.165, 1.54) is 0 Å². The van der Waals surface area contributed by atoms with Gasteiger partial charge >= 0.3 is 35.0 Å². The van der Waals surface area contributed by atoms with Crippen molar-refractivity contribution in [3.8, 4) is 0 Å². The van der Waals surface area contributed by atoms with Crippen LogP contribution >= 0.6 is 0 Å². The van der Waals surface area contributed by atoms with Crippen molar-refractivity contribution in [2.45, 2.75) is 0 Å². The fraction of sp³-hybridized carbons (Fsp3) is 0.667. The Balaban J connectivity index is -0.000000569. The average Bonchev–Trinajstić information content (AvgIpc) is 2.75. The number of hydrogen-bond donors (Lipinski definition) is 0. The zero-order valence-corrected chi connectivity index (χ0v) is 22.3. The quantitative estimate of drug-likeness (QED) is 0.0532. The second-order valence-electron chi connectivity index (χ2n) is 5.72. The van der Waals surface area contributed by atoms with Gasteiger partial charge in [-0.3, -0.25) is 0 Å². The molecule has 0 fully saturated rings. The predicted molar refractivity (Wildman–Crippen MR) is 120 cm³/mol. The van der Waals surface area contributed by atoms with Gasteiger partial charge in [-0.25, -0.2) is 26.4 Å². The topological polar surface area (TPSA) is 204 Å². The zero-order chi connectivity index (χ0) is 26.3. The normalized spacial score (nSPS) is 10.8. The van der Waals surface area contributed by atoms with E-state index in [1.54, 1.807) is 0 Å². The number of esters is 2. The van der Waals surface area contributed by atoms with E-state index < -0.39 is 43.7 Å². The molecule has 0 rings (SSSR count). The molecule has 0 atom stereocenters. The van der Waals surface area contributed by atoms with Gasteiger partial charge in [0, 0.05) is 12.2 Å². The van der Waals surface area contributed by atoms with Crippen molar-refractivity contribution in [3.05, 3.63) is 25.3 Å². The molecule has 200 valence electrons. The number of carbonyl (C=O) groups excluding carboxylic acids is 2. The molecule has 0 aliphatic carbocycles. The summed E-state index contributed by atoms with van der Waals surface area (Å²) in [5.41, 5.74) is 0. The van der Waals surface area contributed by atoms with Crippen molar-refractivity contribution >= 4 is 55.2 Å². The standard InChI is InChI=1S/2C9H16O7S.Mg/c2*1-2-9(10)16-6-5-14-3-4-15-7-8-17(11,12)13;/h2*2H,1,3-8H2,(H,11,12,13);/q;;+2/p-2. The SMILES string of the molecule is C=CC(=O)OCCOCCOCCS(=O)(=O)[O-].C=CC(=O)OCCOCCOCCS(=O)(=O)[O-].[Mg+2]. The van der Waals surface area contributed by atoms with Crippen LogP contribution in [0.25, 0.3) is 0 Å². The van der Waals surface area contributed by atoms with Crippen LogP contribution in [-0.4, -0.2) is 139 Å². The maximum absolute atomic E-state index is 10.6. The van der Waals surface area contributed by atoms with Crippen LogP contribution in [0.2, 0.25) is 0 Å². The third-order valence-electron chi connectivity index (χ3n) is 2.98. The van der Waals surface area contributed by atoms with E-state index in [-0.39, 0.29) is 89.1 Å². The Morgan fingerprint density at radius 1 is 0.571 bits per heavy atom. The first-order chi connectivity index (χ1) is 15.9. The number of hydrogen-bond acceptors (Lipinski definition) is 14. The molecule has 0 saturated carbocycles. The molecule has 0 N–H and O–H groups in total. The predicted octanol–water partition coefficient (Wildman–Crippen LogP) is -1.79. The van der Waals surface area contributed by atoms with Crippen molar-refractivity contribution in [3.63, 3.8) is 0 Å². The maximum atomic E-state index is 10.6. The Hall–Kier alpha value is -1.15. The van der Waals surface area contributed by atoms with Crippen LogP contribution < -0.4 is 0 Å². The Kier molecular flexibility index (Phi) is 26.9. The van der Waals surface area contributed by atoms with Crippen molar-refractivity contribution < 1.29 is 64.0 Å². The summed E-state index contributed by atoms with van der Waals surface area (Å²) in [6.07, 6.45) is 2.10. The largest absolute Gasteiger partial charge is 2.00 e. The van der Waals surface area contributed by atoms with Gasteiger partial charge in [0.15, 0.2) is 0 Å². The number of carbonyl (C=O) groups is 2. The van der Waals surface area contributed by atoms with Crippen LogP contribution in [0.3, 0.4) is 0 Å². The summed E-state index contributed by atoms with van der Waals surface area (Å²) in [5.74, 6) is -2.15. The van der Waals surface area contributed by atoms with E-state index in [1.807, 2.05) is 0 Å². The number of ether oxygens (including phenoxy) is 6. The van der Waals surface area contributed by atoms with Crippen LogP contribution in [-0.2, 0) is 58.2 Å². The fourth-order valence-corrected chi connectivity index (χ4v) is 2.13. The van der Waals surface area contributed by atoms with Gasteiger partial charge in [-0.15, -0.1) is 0 Å². The fourth-order valence-electron chi connectivity index (χ4n) is 1.49. The molecule has 0 aromatic carbocycles. The van der Waals surface area contributed by atoms with E-state index in [0.717, 1.165) is 12.2 Å². The summed E-state index contributed by atoms with van der Waals surface area (Å²) in [6.45, 7) is 7.57. The summed E-state index contributed by atoms with van der Waals surface area (Å²) in [5, 5.41) is 0. The van der Waals surface area contributed by atoms with Crippen molar-refractivity contribution in [2.75, 3.05) is 77.6 Å². The maximum Gasteiger partial charge on any atom is 2.00 e. The Morgan fingerprint density at radius 2 is 0.829 bits per heavy atom. The van der Waals surface area contributed by atoms with Crippen LogP contribution in [0.1, 0.15) is 0 Å². The average molecular weight is 559 g/mol. The summed E-state index contributed by atoms with van der Waals surface area (Å²) >= 11 is 0. The molecule has 0 aliphatic rings. The van der Waals surface area contributed by atoms with Crippen LogP contribution in [0.15, 0.2) is 25.3 Å². The third kappa shape index (κ3) is 37.6. The summed E-state index contributed by atoms with van der Waals surface area (Å²) in [6, 6.07) is 0. The molecule has 0 unspecified atom stereocenters. The van der Waals surface area contributed by atoms with Gasteiger partial charge < -0.3 is 37.5 Å². The van der Waals surface area contributed by atoms with Crippen molar-refractivity contribution in [1.82, 2.24) is 0 Å². The van der Waals surface area contributed by atoms with Gasteiger partial charge in [0.2, 0.25) is 0 Å². The Labute approximate surface area is 221 Å². The van der Waals surface area contributed by atoms with Gasteiger partial charge in [0.25, 0.3) is 0 Å². The van der Waals surface area contributed by atoms with E-state index in [2.05, 4.69) is 22.6 Å². The van der Waals surface area contributed by atoms with Crippen molar-refractivity contribution in [1.29, 1.82) is 0 Å². The zero-order valence-electron chi connectivity index (χ0n) is 19.3.